The van der Waals surface area contributed by atoms with E-state index < -0.39 is 6.10 Å². The lowest BCUT2D eigenvalue weighted by Crippen LogP contribution is -2.31. The molecule has 1 aliphatic heterocycles. The van der Waals surface area contributed by atoms with Crippen molar-refractivity contribution >= 4 is 5.91 Å². The van der Waals surface area contributed by atoms with Crippen LogP contribution in [0.4, 0.5) is 0 Å². The van der Waals surface area contributed by atoms with Crippen LogP contribution in [-0.4, -0.2) is 28.1 Å². The van der Waals surface area contributed by atoms with Gasteiger partial charge in [0.1, 0.15) is 0 Å². The number of likely N-dealkylation sites (tertiary alicyclic amines) is 1. The summed E-state index contributed by atoms with van der Waals surface area (Å²) in [5.74, 6) is 0.187. The van der Waals surface area contributed by atoms with E-state index in [1.807, 2.05) is 41.3 Å². The van der Waals surface area contributed by atoms with E-state index >= 15 is 0 Å². The number of unbranched alkanes of at least 4 members (excludes halogenated alkanes) is 2. The number of hydrogen-bond donors (Lipinski definition) is 1. The van der Waals surface area contributed by atoms with Gasteiger partial charge in [0.15, 0.2) is 0 Å². The summed E-state index contributed by atoms with van der Waals surface area (Å²) in [5.41, 5.74) is 1.03. The number of aliphatic hydroxyl groups excluding tert-OH is 1. The van der Waals surface area contributed by atoms with Gasteiger partial charge in [0.25, 0.3) is 0 Å². The first kappa shape index (κ1) is 16.8. The normalized spacial score (nSPS) is 20.0. The lowest BCUT2D eigenvalue weighted by Gasteiger charge is -2.22. The summed E-state index contributed by atoms with van der Waals surface area (Å²) in [6, 6.07) is 11.0. The molecule has 2 rings (SSSR count). The quantitative estimate of drug-likeness (QED) is 0.590. The van der Waals surface area contributed by atoms with Crippen molar-refractivity contribution in [1.29, 1.82) is 0 Å². The Kier molecular flexibility index (Phi) is 6.66. The van der Waals surface area contributed by atoms with Crippen molar-refractivity contribution in [2.75, 3.05) is 0 Å². The number of carbonyl (C=O) groups is 1. The second kappa shape index (κ2) is 8.74. The lowest BCUT2D eigenvalue weighted by molar-refractivity contribution is -0.129. The molecule has 1 amide bonds. The van der Waals surface area contributed by atoms with E-state index in [1.165, 1.54) is 0 Å². The molecule has 22 heavy (non-hydrogen) atoms. The highest BCUT2D eigenvalue weighted by molar-refractivity contribution is 5.79. The Morgan fingerprint density at radius 3 is 3.05 bits per heavy atom. The van der Waals surface area contributed by atoms with Crippen LogP contribution < -0.4 is 0 Å². The molecule has 0 aromatic heterocycles. The average molecular weight is 300 g/mol. The zero-order valence-electron chi connectivity index (χ0n) is 13.4. The van der Waals surface area contributed by atoms with Gasteiger partial charge >= 0.3 is 0 Å². The van der Waals surface area contributed by atoms with Gasteiger partial charge in [-0.1, -0.05) is 62.6 Å². The maximum atomic E-state index is 12.1. The predicted molar refractivity (Wildman–Crippen MR) is 88.1 cm³/mol. The van der Waals surface area contributed by atoms with Gasteiger partial charge in [-0.25, -0.2) is 0 Å². The van der Waals surface area contributed by atoms with E-state index in [9.17, 15) is 9.90 Å². The fourth-order valence-corrected chi connectivity index (χ4v) is 2.83. The molecule has 119 valence electrons. The minimum atomic E-state index is -0.396. The van der Waals surface area contributed by atoms with Crippen molar-refractivity contribution in [3.8, 4) is 0 Å². The molecule has 1 fully saturated rings. The van der Waals surface area contributed by atoms with Gasteiger partial charge in [-0.3, -0.25) is 4.79 Å². The van der Waals surface area contributed by atoms with Gasteiger partial charge in [0.2, 0.25) is 5.91 Å². The second-order valence-electron chi connectivity index (χ2n) is 5.96. The first-order valence-corrected chi connectivity index (χ1v) is 8.32. The number of benzene rings is 1. The molecular formula is C19H26NO2. The van der Waals surface area contributed by atoms with Gasteiger partial charge in [-0.05, 0) is 24.5 Å². The van der Waals surface area contributed by atoms with Crippen molar-refractivity contribution in [3.05, 3.63) is 48.0 Å². The number of rotatable bonds is 8. The first-order valence-electron chi connectivity index (χ1n) is 8.32. The molecule has 3 nitrogen and oxygen atoms in total. The number of aliphatic hydroxyl groups is 1. The number of hydrogen-bond acceptors (Lipinski definition) is 2. The van der Waals surface area contributed by atoms with Crippen LogP contribution in [0.25, 0.3) is 0 Å². The molecule has 0 saturated carbocycles. The SMILES string of the molecule is CCCCCC(O)C=CC1CCC(=O)N1Cc1[c]cccc1. The fourth-order valence-electron chi connectivity index (χ4n) is 2.83. The predicted octanol–water partition coefficient (Wildman–Crippen LogP) is 3.48. The maximum Gasteiger partial charge on any atom is 0.223 e. The van der Waals surface area contributed by atoms with Crippen molar-refractivity contribution in [1.82, 2.24) is 4.90 Å². The molecule has 1 N–H and O–H groups in total. The Balaban J connectivity index is 1.90. The molecule has 0 aliphatic carbocycles. The van der Waals surface area contributed by atoms with E-state index in [0.29, 0.717) is 13.0 Å². The highest BCUT2D eigenvalue weighted by Gasteiger charge is 2.29. The van der Waals surface area contributed by atoms with Crippen molar-refractivity contribution in [3.63, 3.8) is 0 Å². The molecule has 1 heterocycles. The van der Waals surface area contributed by atoms with Crippen LogP contribution in [0.1, 0.15) is 51.0 Å². The zero-order chi connectivity index (χ0) is 15.8. The molecule has 3 heteroatoms. The fraction of sp³-hybridized carbons (Fsp3) is 0.526. The molecule has 0 bridgehead atoms. The summed E-state index contributed by atoms with van der Waals surface area (Å²) in [4.78, 5) is 14.0. The molecule has 2 atom stereocenters. The molecule has 2 unspecified atom stereocenters. The lowest BCUT2D eigenvalue weighted by atomic mass is 10.1. The van der Waals surface area contributed by atoms with Crippen molar-refractivity contribution in [2.24, 2.45) is 0 Å². The number of nitrogens with zero attached hydrogens (tertiary/aromatic N) is 1. The van der Waals surface area contributed by atoms with Crippen LogP contribution in [-0.2, 0) is 11.3 Å². The Bertz CT molecular complexity index is 483. The van der Waals surface area contributed by atoms with Crippen molar-refractivity contribution in [2.45, 2.75) is 64.1 Å². The van der Waals surface area contributed by atoms with Gasteiger partial charge < -0.3 is 10.0 Å². The Morgan fingerprint density at radius 2 is 2.32 bits per heavy atom. The highest BCUT2D eigenvalue weighted by Crippen LogP contribution is 2.22. The number of amides is 1. The molecular weight excluding hydrogens is 274 g/mol. The topological polar surface area (TPSA) is 40.5 Å². The Morgan fingerprint density at radius 1 is 1.45 bits per heavy atom. The largest absolute Gasteiger partial charge is 0.389 e. The third-order valence-corrected chi connectivity index (χ3v) is 4.15. The minimum absolute atomic E-state index is 0.0990. The molecule has 1 radical (unpaired) electrons. The van der Waals surface area contributed by atoms with E-state index in [-0.39, 0.29) is 11.9 Å². The van der Waals surface area contributed by atoms with Crippen LogP contribution in [0.15, 0.2) is 36.4 Å². The molecule has 0 spiro atoms. The third kappa shape index (κ3) is 4.99. The summed E-state index contributed by atoms with van der Waals surface area (Å²) >= 11 is 0. The summed E-state index contributed by atoms with van der Waals surface area (Å²) in [7, 11) is 0. The molecule has 1 saturated heterocycles. The van der Waals surface area contributed by atoms with Crippen LogP contribution in [0.2, 0.25) is 0 Å². The maximum absolute atomic E-state index is 12.1. The van der Waals surface area contributed by atoms with Crippen molar-refractivity contribution < 1.29 is 9.90 Å². The van der Waals surface area contributed by atoms with Crippen LogP contribution in [0.3, 0.4) is 0 Å². The van der Waals surface area contributed by atoms with E-state index in [0.717, 1.165) is 37.7 Å². The van der Waals surface area contributed by atoms with E-state index in [4.69, 9.17) is 0 Å². The summed E-state index contributed by atoms with van der Waals surface area (Å²) in [6.45, 7) is 2.76. The standard InChI is InChI=1S/C19H26NO2/c1-2-3-5-10-18(21)13-11-17-12-14-19(22)20(17)15-16-8-6-4-7-9-16/h4,6-8,11,13,17-18,21H,2-3,5,10,12,14-15H2,1H3. The summed E-state index contributed by atoms with van der Waals surface area (Å²) in [5, 5.41) is 9.98. The van der Waals surface area contributed by atoms with Gasteiger partial charge in [0.05, 0.1) is 12.1 Å². The Labute approximate surface area is 133 Å². The smallest absolute Gasteiger partial charge is 0.223 e. The number of carbonyl (C=O) groups excluding carboxylic acids is 1. The van der Waals surface area contributed by atoms with E-state index in [2.05, 4.69) is 13.0 Å². The van der Waals surface area contributed by atoms with Gasteiger partial charge in [-0.2, -0.15) is 0 Å². The van der Waals surface area contributed by atoms with Crippen LogP contribution in [0.5, 0.6) is 0 Å². The van der Waals surface area contributed by atoms with Crippen LogP contribution >= 0.6 is 0 Å². The van der Waals surface area contributed by atoms with E-state index in [1.54, 1.807) is 0 Å². The highest BCUT2D eigenvalue weighted by atomic mass is 16.3. The minimum Gasteiger partial charge on any atom is -0.389 e. The zero-order valence-corrected chi connectivity index (χ0v) is 13.4. The van der Waals surface area contributed by atoms with Crippen LogP contribution in [0, 0.1) is 6.07 Å². The monoisotopic (exact) mass is 300 g/mol. The summed E-state index contributed by atoms with van der Waals surface area (Å²) in [6.07, 6.45) is 9.07. The van der Waals surface area contributed by atoms with Gasteiger partial charge in [-0.15, -0.1) is 0 Å². The van der Waals surface area contributed by atoms with Gasteiger partial charge in [0, 0.05) is 13.0 Å². The average Bonchev–Trinajstić information content (AvgIpc) is 2.87. The first-order chi connectivity index (χ1) is 10.7. The Hall–Kier alpha value is -1.61. The third-order valence-electron chi connectivity index (χ3n) is 4.15. The molecule has 1 aliphatic rings. The second-order valence-corrected chi connectivity index (χ2v) is 5.96. The molecule has 1 aromatic carbocycles. The molecule has 1 aromatic rings. The summed E-state index contributed by atoms with van der Waals surface area (Å²) < 4.78 is 0.